The van der Waals surface area contributed by atoms with Gasteiger partial charge in [0.1, 0.15) is 0 Å². The predicted octanol–water partition coefficient (Wildman–Crippen LogP) is 3.87. The van der Waals surface area contributed by atoms with E-state index in [0.29, 0.717) is 17.7 Å². The number of anilines is 1. The van der Waals surface area contributed by atoms with E-state index in [0.717, 1.165) is 36.0 Å². The molecule has 3 rings (SSSR count). The third-order valence-corrected chi connectivity index (χ3v) is 4.59. The van der Waals surface area contributed by atoms with E-state index in [4.69, 9.17) is 0 Å². The molecule has 0 aromatic heterocycles. The number of likely N-dealkylation sites (tertiary alicyclic amines) is 1. The molecule has 0 radical (unpaired) electrons. The van der Waals surface area contributed by atoms with E-state index in [-0.39, 0.29) is 11.8 Å². The number of hydrogen-bond donors (Lipinski definition) is 1. The van der Waals surface area contributed by atoms with Gasteiger partial charge in [0.2, 0.25) is 5.91 Å². The smallest absolute Gasteiger partial charge is 0.253 e. The Morgan fingerprint density at radius 3 is 2.46 bits per heavy atom. The fourth-order valence-corrected chi connectivity index (χ4v) is 3.09. The van der Waals surface area contributed by atoms with Crippen LogP contribution in [0.15, 0.2) is 53.0 Å². The predicted molar refractivity (Wildman–Crippen MR) is 98.1 cm³/mol. The van der Waals surface area contributed by atoms with Crippen LogP contribution in [0.3, 0.4) is 0 Å². The molecule has 1 N–H and O–H groups in total. The average molecular weight is 387 g/mol. The summed E-state index contributed by atoms with van der Waals surface area (Å²) in [5.74, 6) is -0.0559. The van der Waals surface area contributed by atoms with Crippen molar-refractivity contribution >= 4 is 33.4 Å². The molecule has 0 atom stereocenters. The molecule has 1 aliphatic heterocycles. The number of amides is 2. The van der Waals surface area contributed by atoms with E-state index in [1.807, 2.05) is 29.2 Å². The summed E-state index contributed by atoms with van der Waals surface area (Å²) in [6, 6.07) is 14.8. The van der Waals surface area contributed by atoms with Crippen LogP contribution in [0.1, 0.15) is 28.8 Å². The molecule has 0 saturated carbocycles. The van der Waals surface area contributed by atoms with Crippen molar-refractivity contribution in [3.8, 4) is 0 Å². The van der Waals surface area contributed by atoms with E-state index in [2.05, 4.69) is 21.2 Å². The number of nitrogens with one attached hydrogen (secondary N) is 1. The van der Waals surface area contributed by atoms with Crippen LogP contribution in [0.25, 0.3) is 0 Å². The van der Waals surface area contributed by atoms with Crippen LogP contribution in [0.5, 0.6) is 0 Å². The zero-order valence-electron chi connectivity index (χ0n) is 13.3. The molecule has 1 aliphatic rings. The SMILES string of the molecule is O=C(Cc1ccc(Br)cc1)Nc1cccc(C(=O)N2CCCC2)c1. The molecular weight excluding hydrogens is 368 g/mol. The van der Waals surface area contributed by atoms with E-state index < -0.39 is 0 Å². The summed E-state index contributed by atoms with van der Waals surface area (Å²) in [6.07, 6.45) is 2.43. The van der Waals surface area contributed by atoms with Gasteiger partial charge in [-0.2, -0.15) is 0 Å². The number of nitrogens with zero attached hydrogens (tertiary/aromatic N) is 1. The van der Waals surface area contributed by atoms with Gasteiger partial charge in [-0.05, 0) is 48.7 Å². The second-order valence-electron chi connectivity index (χ2n) is 5.93. The van der Waals surface area contributed by atoms with Crippen molar-refractivity contribution in [1.82, 2.24) is 4.90 Å². The van der Waals surface area contributed by atoms with Crippen LogP contribution >= 0.6 is 15.9 Å². The van der Waals surface area contributed by atoms with Crippen molar-refractivity contribution in [3.05, 3.63) is 64.1 Å². The first-order valence-corrected chi connectivity index (χ1v) is 8.85. The van der Waals surface area contributed by atoms with Gasteiger partial charge in [0.15, 0.2) is 0 Å². The van der Waals surface area contributed by atoms with Gasteiger partial charge in [-0.15, -0.1) is 0 Å². The van der Waals surface area contributed by atoms with Crippen molar-refractivity contribution in [1.29, 1.82) is 0 Å². The number of carbonyl (C=O) groups is 2. The van der Waals surface area contributed by atoms with Crippen molar-refractivity contribution in [3.63, 3.8) is 0 Å². The lowest BCUT2D eigenvalue weighted by atomic mass is 10.1. The number of carbonyl (C=O) groups excluding carboxylic acids is 2. The maximum atomic E-state index is 12.4. The molecule has 2 amide bonds. The van der Waals surface area contributed by atoms with Crippen molar-refractivity contribution < 1.29 is 9.59 Å². The van der Waals surface area contributed by atoms with Gasteiger partial charge in [-0.3, -0.25) is 9.59 Å². The highest BCUT2D eigenvalue weighted by Gasteiger charge is 2.19. The van der Waals surface area contributed by atoms with E-state index in [9.17, 15) is 9.59 Å². The number of benzene rings is 2. The highest BCUT2D eigenvalue weighted by Crippen LogP contribution is 2.17. The Morgan fingerprint density at radius 2 is 1.75 bits per heavy atom. The second-order valence-corrected chi connectivity index (χ2v) is 6.85. The summed E-state index contributed by atoms with van der Waals surface area (Å²) in [6.45, 7) is 1.64. The molecule has 0 unspecified atom stereocenters. The summed E-state index contributed by atoms with van der Waals surface area (Å²) >= 11 is 3.38. The van der Waals surface area contributed by atoms with Gasteiger partial charge in [0.25, 0.3) is 5.91 Å². The molecular formula is C19H19BrN2O2. The normalized spacial score (nSPS) is 13.8. The van der Waals surface area contributed by atoms with E-state index in [1.54, 1.807) is 24.3 Å². The van der Waals surface area contributed by atoms with Gasteiger partial charge in [0, 0.05) is 28.8 Å². The maximum Gasteiger partial charge on any atom is 0.253 e. The van der Waals surface area contributed by atoms with Gasteiger partial charge in [0.05, 0.1) is 6.42 Å². The number of hydrogen-bond acceptors (Lipinski definition) is 2. The van der Waals surface area contributed by atoms with E-state index in [1.165, 1.54) is 0 Å². The Hall–Kier alpha value is -2.14. The average Bonchev–Trinajstić information content (AvgIpc) is 3.11. The van der Waals surface area contributed by atoms with E-state index >= 15 is 0 Å². The Morgan fingerprint density at radius 1 is 1.04 bits per heavy atom. The molecule has 4 nitrogen and oxygen atoms in total. The Bertz CT molecular complexity index is 737. The highest BCUT2D eigenvalue weighted by molar-refractivity contribution is 9.10. The minimum absolute atomic E-state index is 0.0384. The molecule has 1 fully saturated rings. The summed E-state index contributed by atoms with van der Waals surface area (Å²) in [5.41, 5.74) is 2.22. The minimum Gasteiger partial charge on any atom is -0.339 e. The molecule has 5 heteroatoms. The largest absolute Gasteiger partial charge is 0.339 e. The minimum atomic E-state index is -0.0944. The molecule has 0 aliphatic carbocycles. The first-order chi connectivity index (χ1) is 11.6. The third-order valence-electron chi connectivity index (χ3n) is 4.06. The molecule has 124 valence electrons. The molecule has 1 saturated heterocycles. The Labute approximate surface area is 150 Å². The molecule has 0 bridgehead atoms. The molecule has 24 heavy (non-hydrogen) atoms. The highest BCUT2D eigenvalue weighted by atomic mass is 79.9. The summed E-state index contributed by atoms with van der Waals surface area (Å²) in [4.78, 5) is 26.5. The van der Waals surface area contributed by atoms with Crippen LogP contribution in [-0.4, -0.2) is 29.8 Å². The lowest BCUT2D eigenvalue weighted by Crippen LogP contribution is -2.27. The van der Waals surface area contributed by atoms with Crippen molar-refractivity contribution in [2.45, 2.75) is 19.3 Å². The lowest BCUT2D eigenvalue weighted by molar-refractivity contribution is -0.115. The fraction of sp³-hybridized carbons (Fsp3) is 0.263. The van der Waals surface area contributed by atoms with Gasteiger partial charge < -0.3 is 10.2 Å². The number of rotatable bonds is 4. The van der Waals surface area contributed by atoms with Crippen molar-refractivity contribution in [2.24, 2.45) is 0 Å². The molecule has 2 aromatic rings. The Balaban J connectivity index is 1.64. The molecule has 0 spiro atoms. The zero-order valence-corrected chi connectivity index (χ0v) is 14.9. The van der Waals surface area contributed by atoms with Crippen LogP contribution in [0.4, 0.5) is 5.69 Å². The maximum absolute atomic E-state index is 12.4. The first-order valence-electron chi connectivity index (χ1n) is 8.05. The molecule has 2 aromatic carbocycles. The van der Waals surface area contributed by atoms with Gasteiger partial charge in [-0.25, -0.2) is 0 Å². The molecule has 1 heterocycles. The summed E-state index contributed by atoms with van der Waals surface area (Å²) < 4.78 is 0.986. The van der Waals surface area contributed by atoms with Crippen LogP contribution < -0.4 is 5.32 Å². The quantitative estimate of drug-likeness (QED) is 0.866. The monoisotopic (exact) mass is 386 g/mol. The van der Waals surface area contributed by atoms with Crippen LogP contribution in [-0.2, 0) is 11.2 Å². The fourth-order valence-electron chi connectivity index (χ4n) is 2.83. The third kappa shape index (κ3) is 4.23. The Kier molecular flexibility index (Phi) is 5.30. The van der Waals surface area contributed by atoms with Crippen molar-refractivity contribution in [2.75, 3.05) is 18.4 Å². The zero-order chi connectivity index (χ0) is 16.9. The number of halogens is 1. The topological polar surface area (TPSA) is 49.4 Å². The van der Waals surface area contributed by atoms with Crippen LogP contribution in [0.2, 0.25) is 0 Å². The standard InChI is InChI=1S/C19H19BrN2O2/c20-16-8-6-14(7-9-16)12-18(23)21-17-5-3-4-15(13-17)19(24)22-10-1-2-11-22/h3-9,13H,1-2,10-12H2,(H,21,23). The second kappa shape index (κ2) is 7.62. The van der Waals surface area contributed by atoms with Crippen LogP contribution in [0, 0.1) is 0 Å². The van der Waals surface area contributed by atoms with Gasteiger partial charge >= 0.3 is 0 Å². The summed E-state index contributed by atoms with van der Waals surface area (Å²) in [5, 5.41) is 2.87. The van der Waals surface area contributed by atoms with Gasteiger partial charge in [-0.1, -0.05) is 34.1 Å². The first kappa shape index (κ1) is 16.7. The summed E-state index contributed by atoms with van der Waals surface area (Å²) in [7, 11) is 0. The lowest BCUT2D eigenvalue weighted by Gasteiger charge is -2.15.